The van der Waals surface area contributed by atoms with Crippen LogP contribution in [0, 0.1) is 6.92 Å². The van der Waals surface area contributed by atoms with Crippen LogP contribution in [-0.2, 0) is 4.79 Å². The Morgan fingerprint density at radius 3 is 2.95 bits per heavy atom. The summed E-state index contributed by atoms with van der Waals surface area (Å²) in [5.74, 6) is 0.511. The quantitative estimate of drug-likeness (QED) is 0.922. The van der Waals surface area contributed by atoms with E-state index in [1.807, 2.05) is 19.1 Å². The SMILES string of the molecule is Cc1ccc(Cl)c(OC(C)C(=O)N2CCC(N)C2)c1. The molecular formula is C14H19ClN2O2. The number of carbonyl (C=O) groups is 1. The van der Waals surface area contributed by atoms with E-state index in [0.717, 1.165) is 12.0 Å². The average Bonchev–Trinajstić information content (AvgIpc) is 2.79. The number of rotatable bonds is 3. The van der Waals surface area contributed by atoms with Crippen molar-refractivity contribution in [2.75, 3.05) is 13.1 Å². The van der Waals surface area contributed by atoms with E-state index in [-0.39, 0.29) is 11.9 Å². The Bertz CT molecular complexity index is 479. The summed E-state index contributed by atoms with van der Waals surface area (Å²) < 4.78 is 5.67. The van der Waals surface area contributed by atoms with Crippen LogP contribution in [-0.4, -0.2) is 36.0 Å². The van der Waals surface area contributed by atoms with Gasteiger partial charge in [0.05, 0.1) is 5.02 Å². The fourth-order valence-corrected chi connectivity index (χ4v) is 2.35. The number of hydrogen-bond donors (Lipinski definition) is 1. The van der Waals surface area contributed by atoms with E-state index in [4.69, 9.17) is 22.1 Å². The van der Waals surface area contributed by atoms with Gasteiger partial charge >= 0.3 is 0 Å². The summed E-state index contributed by atoms with van der Waals surface area (Å²) in [6.07, 6.45) is 0.300. The Kier molecular flexibility index (Phi) is 4.32. The molecule has 2 atom stereocenters. The lowest BCUT2D eigenvalue weighted by molar-refractivity contribution is -0.136. The summed E-state index contributed by atoms with van der Waals surface area (Å²) in [5, 5.41) is 0.517. The highest BCUT2D eigenvalue weighted by molar-refractivity contribution is 6.32. The molecule has 5 heteroatoms. The van der Waals surface area contributed by atoms with Crippen molar-refractivity contribution in [3.05, 3.63) is 28.8 Å². The number of halogens is 1. The van der Waals surface area contributed by atoms with Gasteiger partial charge in [-0.3, -0.25) is 4.79 Å². The van der Waals surface area contributed by atoms with Crippen molar-refractivity contribution in [1.82, 2.24) is 4.90 Å². The maximum Gasteiger partial charge on any atom is 0.263 e. The molecule has 0 spiro atoms. The van der Waals surface area contributed by atoms with E-state index in [0.29, 0.717) is 23.9 Å². The minimum absolute atomic E-state index is 0.0366. The lowest BCUT2D eigenvalue weighted by Crippen LogP contribution is -2.40. The molecule has 2 N–H and O–H groups in total. The van der Waals surface area contributed by atoms with Gasteiger partial charge in [-0.15, -0.1) is 0 Å². The van der Waals surface area contributed by atoms with Crippen LogP contribution >= 0.6 is 11.6 Å². The molecule has 1 amide bonds. The Balaban J connectivity index is 2.02. The Labute approximate surface area is 118 Å². The van der Waals surface area contributed by atoms with Gasteiger partial charge < -0.3 is 15.4 Å². The lowest BCUT2D eigenvalue weighted by atomic mass is 10.2. The summed E-state index contributed by atoms with van der Waals surface area (Å²) in [6.45, 7) is 5.00. The van der Waals surface area contributed by atoms with Crippen molar-refractivity contribution in [2.45, 2.75) is 32.4 Å². The summed E-state index contributed by atoms with van der Waals surface area (Å²) in [7, 11) is 0. The molecule has 104 valence electrons. The number of benzene rings is 1. The fourth-order valence-electron chi connectivity index (χ4n) is 2.19. The number of nitrogens with two attached hydrogens (primary N) is 1. The third kappa shape index (κ3) is 3.39. The predicted molar refractivity (Wildman–Crippen MR) is 75.5 cm³/mol. The monoisotopic (exact) mass is 282 g/mol. The Hall–Kier alpha value is -1.26. The number of carbonyl (C=O) groups excluding carboxylic acids is 1. The molecule has 1 aliphatic rings. The first kappa shape index (κ1) is 14.2. The van der Waals surface area contributed by atoms with Crippen molar-refractivity contribution >= 4 is 17.5 Å². The first-order valence-corrected chi connectivity index (χ1v) is 6.82. The maximum absolute atomic E-state index is 12.2. The van der Waals surface area contributed by atoms with Crippen LogP contribution in [0.4, 0.5) is 0 Å². The fraction of sp³-hybridized carbons (Fsp3) is 0.500. The normalized spacial score (nSPS) is 20.4. The van der Waals surface area contributed by atoms with Gasteiger partial charge in [-0.1, -0.05) is 17.7 Å². The highest BCUT2D eigenvalue weighted by atomic mass is 35.5. The summed E-state index contributed by atoms with van der Waals surface area (Å²) in [6, 6.07) is 5.59. The number of nitrogens with zero attached hydrogens (tertiary/aromatic N) is 1. The number of hydrogen-bond acceptors (Lipinski definition) is 3. The van der Waals surface area contributed by atoms with E-state index in [2.05, 4.69) is 0 Å². The lowest BCUT2D eigenvalue weighted by Gasteiger charge is -2.22. The topological polar surface area (TPSA) is 55.6 Å². The molecule has 1 aromatic carbocycles. The molecule has 2 rings (SSSR count). The minimum Gasteiger partial charge on any atom is -0.479 e. The summed E-state index contributed by atoms with van der Waals surface area (Å²) in [5.41, 5.74) is 6.85. The van der Waals surface area contributed by atoms with Crippen LogP contribution in [0.3, 0.4) is 0 Å². The highest BCUT2D eigenvalue weighted by Crippen LogP contribution is 2.26. The second kappa shape index (κ2) is 5.80. The molecule has 1 fully saturated rings. The zero-order valence-corrected chi connectivity index (χ0v) is 12.0. The molecule has 0 radical (unpaired) electrons. The van der Waals surface area contributed by atoms with E-state index < -0.39 is 6.10 Å². The van der Waals surface area contributed by atoms with Crippen molar-refractivity contribution < 1.29 is 9.53 Å². The van der Waals surface area contributed by atoms with Crippen molar-refractivity contribution in [1.29, 1.82) is 0 Å². The zero-order chi connectivity index (χ0) is 14.0. The molecule has 0 bridgehead atoms. The average molecular weight is 283 g/mol. The third-order valence-corrected chi connectivity index (χ3v) is 3.59. The molecule has 1 heterocycles. The first-order chi connectivity index (χ1) is 8.97. The molecule has 2 unspecified atom stereocenters. The number of amides is 1. The Morgan fingerprint density at radius 2 is 2.32 bits per heavy atom. The van der Waals surface area contributed by atoms with Gasteiger partial charge in [0.2, 0.25) is 0 Å². The van der Waals surface area contributed by atoms with Gasteiger partial charge in [0, 0.05) is 19.1 Å². The minimum atomic E-state index is -0.551. The van der Waals surface area contributed by atoms with Crippen LogP contribution in [0.1, 0.15) is 18.9 Å². The molecule has 4 nitrogen and oxygen atoms in total. The molecule has 0 aliphatic carbocycles. The first-order valence-electron chi connectivity index (χ1n) is 6.44. The molecule has 19 heavy (non-hydrogen) atoms. The van der Waals surface area contributed by atoms with Gasteiger partial charge in [0.25, 0.3) is 5.91 Å². The summed E-state index contributed by atoms with van der Waals surface area (Å²) >= 11 is 6.06. The molecule has 1 aliphatic heterocycles. The van der Waals surface area contributed by atoms with E-state index in [1.165, 1.54) is 0 Å². The van der Waals surface area contributed by atoms with Gasteiger partial charge in [0.1, 0.15) is 5.75 Å². The second-order valence-electron chi connectivity index (χ2n) is 5.03. The predicted octanol–water partition coefficient (Wildman–Crippen LogP) is 1.98. The van der Waals surface area contributed by atoms with Crippen LogP contribution in [0.15, 0.2) is 18.2 Å². The molecule has 1 saturated heterocycles. The third-order valence-electron chi connectivity index (χ3n) is 3.27. The van der Waals surface area contributed by atoms with Gasteiger partial charge in [-0.25, -0.2) is 0 Å². The highest BCUT2D eigenvalue weighted by Gasteiger charge is 2.28. The molecule has 1 aromatic rings. The molecule has 0 saturated carbocycles. The van der Waals surface area contributed by atoms with Crippen LogP contribution < -0.4 is 10.5 Å². The number of likely N-dealkylation sites (tertiary alicyclic amines) is 1. The van der Waals surface area contributed by atoms with Gasteiger partial charge in [-0.05, 0) is 38.0 Å². The van der Waals surface area contributed by atoms with Crippen molar-refractivity contribution in [3.8, 4) is 5.75 Å². The van der Waals surface area contributed by atoms with Crippen molar-refractivity contribution in [3.63, 3.8) is 0 Å². The summed E-state index contributed by atoms with van der Waals surface area (Å²) in [4.78, 5) is 13.9. The van der Waals surface area contributed by atoms with Gasteiger partial charge in [0.15, 0.2) is 6.10 Å². The Morgan fingerprint density at radius 1 is 1.58 bits per heavy atom. The number of aryl methyl sites for hydroxylation is 1. The zero-order valence-electron chi connectivity index (χ0n) is 11.2. The smallest absolute Gasteiger partial charge is 0.263 e. The standard InChI is InChI=1S/C14H19ClN2O2/c1-9-3-4-12(15)13(7-9)19-10(2)14(18)17-6-5-11(16)8-17/h3-4,7,10-11H,5-6,8,16H2,1-2H3. The number of ether oxygens (including phenoxy) is 1. The van der Waals surface area contributed by atoms with Crippen LogP contribution in [0.5, 0.6) is 5.75 Å². The maximum atomic E-state index is 12.2. The van der Waals surface area contributed by atoms with E-state index >= 15 is 0 Å². The van der Waals surface area contributed by atoms with Crippen LogP contribution in [0.25, 0.3) is 0 Å². The van der Waals surface area contributed by atoms with Gasteiger partial charge in [-0.2, -0.15) is 0 Å². The molecular weight excluding hydrogens is 264 g/mol. The van der Waals surface area contributed by atoms with E-state index in [9.17, 15) is 4.79 Å². The van der Waals surface area contributed by atoms with E-state index in [1.54, 1.807) is 17.9 Å². The largest absolute Gasteiger partial charge is 0.479 e. The second-order valence-corrected chi connectivity index (χ2v) is 5.43. The van der Waals surface area contributed by atoms with Crippen LogP contribution in [0.2, 0.25) is 5.02 Å². The molecule has 0 aromatic heterocycles. The van der Waals surface area contributed by atoms with Crippen molar-refractivity contribution in [2.24, 2.45) is 5.73 Å².